The maximum Gasteiger partial charge on any atom is 1.00 e. The van der Waals surface area contributed by atoms with Gasteiger partial charge in [-0.1, -0.05) is 64.7 Å². The van der Waals surface area contributed by atoms with E-state index in [9.17, 15) is 13.0 Å². The van der Waals surface area contributed by atoms with E-state index in [0.717, 1.165) is 57.7 Å². The summed E-state index contributed by atoms with van der Waals surface area (Å²) in [5.41, 5.74) is 7.86. The van der Waals surface area contributed by atoms with Crippen molar-refractivity contribution in [3.8, 4) is 0 Å². The van der Waals surface area contributed by atoms with Gasteiger partial charge in [0.25, 0.3) is 0 Å². The van der Waals surface area contributed by atoms with Crippen LogP contribution in [0.1, 0.15) is 93.9 Å². The molecule has 218 valence electrons. The van der Waals surface area contributed by atoms with Crippen LogP contribution in [0.25, 0.3) is 46.4 Å². The van der Waals surface area contributed by atoms with E-state index in [1.54, 1.807) is 0 Å². The third-order valence-electron chi connectivity index (χ3n) is 6.77. The van der Waals surface area contributed by atoms with E-state index in [1.807, 2.05) is 48.6 Å². The monoisotopic (exact) mass is 598 g/mol. The van der Waals surface area contributed by atoms with Crippen LogP contribution < -0.4 is 29.6 Å². The van der Waals surface area contributed by atoms with Gasteiger partial charge in [0.15, 0.2) is 0 Å². The Morgan fingerprint density at radius 2 is 0.952 bits per heavy atom. The van der Waals surface area contributed by atoms with E-state index in [-0.39, 0.29) is 36.2 Å². The Balaban J connectivity index is 0.000000242. The van der Waals surface area contributed by atoms with Crippen LogP contribution in [0.15, 0.2) is 48.5 Å². The SMILES string of the molecule is C1=Cc2cc3ccc(cc4nc(cc5ccc(cc1n2)[nH]5)C=C4)[nH]3.CCCCCCCCCCCCOS(=O)(=O)[O-].[Na+]. The molecule has 0 saturated heterocycles. The van der Waals surface area contributed by atoms with Crippen molar-refractivity contribution in [3.05, 3.63) is 71.3 Å². The zero-order valence-electron chi connectivity index (χ0n) is 24.6. The number of nitrogens with one attached hydrogen (secondary N) is 2. The number of aromatic nitrogens is 4. The number of fused-ring (bicyclic) bond motifs is 8. The zero-order chi connectivity index (χ0) is 28.9. The number of aromatic amines is 2. The minimum atomic E-state index is -4.48. The number of hydrogen-bond donors (Lipinski definition) is 2. The van der Waals surface area contributed by atoms with Gasteiger partial charge in [0.1, 0.15) is 0 Å². The second kappa shape index (κ2) is 17.6. The average Bonchev–Trinajstić information content (AvgIpc) is 3.74. The van der Waals surface area contributed by atoms with Gasteiger partial charge in [-0.05, 0) is 79.3 Å². The molecule has 8 nitrogen and oxygen atoms in total. The molecule has 42 heavy (non-hydrogen) atoms. The summed E-state index contributed by atoms with van der Waals surface area (Å²) in [5, 5.41) is 0. The molecule has 2 aliphatic rings. The van der Waals surface area contributed by atoms with Gasteiger partial charge >= 0.3 is 29.6 Å². The Kier molecular flexibility index (Phi) is 14.2. The van der Waals surface area contributed by atoms with Crippen LogP contribution in [0.3, 0.4) is 0 Å². The molecular weight excluding hydrogens is 559 g/mol. The molecule has 0 unspecified atom stereocenters. The topological polar surface area (TPSA) is 124 Å². The second-order valence-electron chi connectivity index (χ2n) is 10.3. The van der Waals surface area contributed by atoms with E-state index in [2.05, 4.69) is 55.3 Å². The van der Waals surface area contributed by atoms with Crippen LogP contribution >= 0.6 is 0 Å². The first kappa shape index (κ1) is 34.0. The van der Waals surface area contributed by atoms with Crippen LogP contribution in [0.2, 0.25) is 0 Å². The Morgan fingerprint density at radius 1 is 0.619 bits per heavy atom. The van der Waals surface area contributed by atoms with Gasteiger partial charge < -0.3 is 14.5 Å². The molecule has 0 radical (unpaired) electrons. The summed E-state index contributed by atoms with van der Waals surface area (Å²) in [6, 6.07) is 16.4. The summed E-state index contributed by atoms with van der Waals surface area (Å²) < 4.78 is 34.5. The first-order valence-corrected chi connectivity index (χ1v) is 15.8. The van der Waals surface area contributed by atoms with Crippen molar-refractivity contribution in [1.82, 2.24) is 19.9 Å². The Bertz CT molecular complexity index is 1430. The fraction of sp³-hybridized carbons (Fsp3) is 0.375. The molecular formula is C32H39N4NaO4S. The molecule has 5 rings (SSSR count). The van der Waals surface area contributed by atoms with E-state index in [4.69, 9.17) is 0 Å². The van der Waals surface area contributed by atoms with Crippen molar-refractivity contribution in [2.75, 3.05) is 6.61 Å². The first-order valence-electron chi connectivity index (χ1n) is 14.5. The molecule has 0 atom stereocenters. The minimum Gasteiger partial charge on any atom is -0.726 e. The van der Waals surface area contributed by atoms with Gasteiger partial charge in [-0.2, -0.15) is 0 Å². The van der Waals surface area contributed by atoms with Crippen LogP contribution in [-0.4, -0.2) is 39.5 Å². The Labute approximate surface area is 271 Å². The zero-order valence-corrected chi connectivity index (χ0v) is 27.5. The molecule has 2 aliphatic heterocycles. The normalized spacial score (nSPS) is 12.0. The summed E-state index contributed by atoms with van der Waals surface area (Å²) >= 11 is 0. The van der Waals surface area contributed by atoms with Crippen molar-refractivity contribution < 1.29 is 46.7 Å². The predicted molar refractivity (Wildman–Crippen MR) is 166 cm³/mol. The number of rotatable bonds is 12. The van der Waals surface area contributed by atoms with Gasteiger partial charge in [-0.15, -0.1) is 0 Å². The van der Waals surface area contributed by atoms with E-state index in [1.165, 1.54) is 44.9 Å². The Morgan fingerprint density at radius 3 is 1.29 bits per heavy atom. The summed E-state index contributed by atoms with van der Waals surface area (Å²) in [6.45, 7) is 2.24. The summed E-state index contributed by atoms with van der Waals surface area (Å²) in [6.07, 6.45) is 19.8. The standard InChI is InChI=1S/C20H14N4.C12H26O4S.Na/c1-2-14-10-16-5-6-18(23-16)12-20-8-7-19(24-20)11-17-4-3-15(22-17)9-13(1)21-14;1-2-3-4-5-6-7-8-9-10-11-12-16-17(13,14)15;/h1-12,21,24H;2-12H2,1H3,(H,13,14,15);/q;;+1/p-1. The fourth-order valence-corrected chi connectivity index (χ4v) is 5.02. The molecule has 0 aromatic carbocycles. The smallest absolute Gasteiger partial charge is 0.726 e. The third-order valence-corrected chi connectivity index (χ3v) is 7.22. The van der Waals surface area contributed by atoms with Gasteiger partial charge in [0, 0.05) is 22.1 Å². The van der Waals surface area contributed by atoms with Crippen molar-refractivity contribution in [3.63, 3.8) is 0 Å². The van der Waals surface area contributed by atoms with Gasteiger partial charge in [0.2, 0.25) is 10.4 Å². The minimum absolute atomic E-state index is 0. The Hall–Kier alpha value is -2.53. The first-order chi connectivity index (χ1) is 19.9. The summed E-state index contributed by atoms with van der Waals surface area (Å²) in [5.74, 6) is 0. The van der Waals surface area contributed by atoms with Crippen molar-refractivity contribution in [1.29, 1.82) is 0 Å². The second-order valence-corrected chi connectivity index (χ2v) is 11.4. The molecule has 0 saturated carbocycles. The molecule has 0 spiro atoms. The van der Waals surface area contributed by atoms with Crippen LogP contribution in [-0.2, 0) is 14.6 Å². The maximum absolute atomic E-state index is 10.1. The molecule has 10 heteroatoms. The molecule has 2 N–H and O–H groups in total. The van der Waals surface area contributed by atoms with Crippen molar-refractivity contribution in [2.24, 2.45) is 0 Å². The molecule has 0 amide bonds. The van der Waals surface area contributed by atoms with Gasteiger partial charge in [0.05, 0.1) is 29.4 Å². The number of H-pyrrole nitrogens is 2. The quantitative estimate of drug-likeness (QED) is 0.0897. The summed E-state index contributed by atoms with van der Waals surface area (Å²) in [7, 11) is -4.48. The molecule has 3 aromatic heterocycles. The molecule has 0 aliphatic carbocycles. The van der Waals surface area contributed by atoms with Gasteiger partial charge in [-0.25, -0.2) is 18.4 Å². The predicted octanol–water partition coefficient (Wildman–Crippen LogP) is 5.04. The maximum atomic E-state index is 10.1. The summed E-state index contributed by atoms with van der Waals surface area (Å²) in [4.78, 5) is 16.0. The third kappa shape index (κ3) is 12.4. The van der Waals surface area contributed by atoms with Crippen LogP contribution in [0.5, 0.6) is 0 Å². The van der Waals surface area contributed by atoms with Crippen molar-refractivity contribution in [2.45, 2.75) is 71.1 Å². The van der Waals surface area contributed by atoms with Crippen LogP contribution in [0.4, 0.5) is 0 Å². The fourth-order valence-electron chi connectivity index (χ4n) is 4.69. The van der Waals surface area contributed by atoms with E-state index < -0.39 is 10.4 Å². The molecule has 8 bridgehead atoms. The molecule has 0 fully saturated rings. The number of unbranched alkanes of at least 4 members (excludes halogenated alkanes) is 9. The van der Waals surface area contributed by atoms with Crippen LogP contribution in [0, 0.1) is 0 Å². The largest absolute Gasteiger partial charge is 1.00 e. The van der Waals surface area contributed by atoms with Crippen molar-refractivity contribution >= 4 is 56.8 Å². The number of hydrogen-bond acceptors (Lipinski definition) is 6. The average molecular weight is 599 g/mol. The molecule has 3 aromatic rings. The molecule has 5 heterocycles. The van der Waals surface area contributed by atoms with E-state index in [0.29, 0.717) is 6.42 Å². The number of nitrogens with zero attached hydrogens (tertiary/aromatic N) is 2. The van der Waals surface area contributed by atoms with Gasteiger partial charge in [-0.3, -0.25) is 4.18 Å². The van der Waals surface area contributed by atoms with E-state index >= 15 is 0 Å².